The number of nitrogens with two attached hydrogens (primary N) is 2. The van der Waals surface area contributed by atoms with Gasteiger partial charge >= 0.3 is 0 Å². The summed E-state index contributed by atoms with van der Waals surface area (Å²) in [6.45, 7) is 1.68. The van der Waals surface area contributed by atoms with Crippen LogP contribution in [-0.2, 0) is 0 Å². The maximum absolute atomic E-state index is 4.00. The Labute approximate surface area is 60.4 Å². The first-order valence-electron chi connectivity index (χ1n) is 1.99. The van der Waals surface area contributed by atoms with E-state index in [1.807, 2.05) is 0 Å². The third-order valence-electron chi connectivity index (χ3n) is 0.349. The molecule has 0 bridgehead atoms. The summed E-state index contributed by atoms with van der Waals surface area (Å²) in [7, 11) is 0. The van der Waals surface area contributed by atoms with Crippen LogP contribution >= 0.6 is 25.6 Å². The van der Waals surface area contributed by atoms with Crippen LogP contribution in [0.1, 0.15) is 0 Å². The minimum absolute atomic E-state index is 0.840. The summed E-state index contributed by atoms with van der Waals surface area (Å²) in [5, 5.41) is 0. The topological polar surface area (TPSA) is 76.1 Å². The van der Waals surface area contributed by atoms with Crippen LogP contribution in [0.5, 0.6) is 0 Å². The van der Waals surface area contributed by atoms with E-state index in [9.17, 15) is 0 Å². The van der Waals surface area contributed by atoms with Crippen LogP contribution in [0.25, 0.3) is 0 Å². The molecule has 0 aliphatic heterocycles. The summed E-state index contributed by atoms with van der Waals surface area (Å²) in [6, 6.07) is 0. The monoisotopic (exact) mass is 156 g/mol. The van der Waals surface area contributed by atoms with Crippen LogP contribution < -0.4 is 21.1 Å². The lowest BCUT2D eigenvalue weighted by Gasteiger charge is -1.90. The predicted octanol–water partition coefficient (Wildman–Crippen LogP) is -1.33. The summed E-state index contributed by atoms with van der Waals surface area (Å²) in [6.07, 6.45) is 0. The molecular formula is C2H12N4S2. The van der Waals surface area contributed by atoms with Gasteiger partial charge in [0.15, 0.2) is 0 Å². The van der Waals surface area contributed by atoms with Crippen molar-refractivity contribution in [3.8, 4) is 0 Å². The van der Waals surface area contributed by atoms with Gasteiger partial charge in [-0.1, -0.05) is 25.6 Å². The van der Waals surface area contributed by atoms with Crippen molar-refractivity contribution in [3.63, 3.8) is 0 Å². The van der Waals surface area contributed by atoms with Crippen molar-refractivity contribution < 1.29 is 0 Å². The highest BCUT2D eigenvalue weighted by Crippen LogP contribution is 1.60. The van der Waals surface area contributed by atoms with E-state index in [1.165, 1.54) is 0 Å². The highest BCUT2D eigenvalue weighted by molar-refractivity contribution is 7.78. The molecule has 0 amide bonds. The molecular weight excluding hydrogens is 144 g/mol. The fourth-order valence-electron chi connectivity index (χ4n) is 0.112. The maximum Gasteiger partial charge on any atom is 0.0191 e. The van der Waals surface area contributed by atoms with Crippen LogP contribution in [-0.4, -0.2) is 13.1 Å². The van der Waals surface area contributed by atoms with Crippen LogP contribution in [0.2, 0.25) is 0 Å². The second-order valence-corrected chi connectivity index (χ2v) is 1.45. The molecule has 0 saturated carbocycles. The molecule has 0 aromatic heterocycles. The second kappa shape index (κ2) is 15.6. The lowest BCUT2D eigenvalue weighted by atomic mass is 10.7. The molecule has 0 aromatic rings. The Hall–Kier alpha value is 0.540. The molecule has 0 fully saturated rings. The molecule has 0 aliphatic rings. The average Bonchev–Trinajstić information content (AvgIpc) is 1.88. The van der Waals surface area contributed by atoms with Crippen molar-refractivity contribution in [2.45, 2.75) is 0 Å². The normalized spacial score (nSPS) is 7.50. The standard InChI is InChI=1S/C2H8N2S2.H4N2/c5-3-1-2-4-6;1-2/h3-6H,1-2H2;1-2H2. The van der Waals surface area contributed by atoms with Crippen molar-refractivity contribution in [2.75, 3.05) is 13.1 Å². The van der Waals surface area contributed by atoms with E-state index in [-0.39, 0.29) is 0 Å². The quantitative estimate of drug-likeness (QED) is 0.133. The average molecular weight is 156 g/mol. The molecule has 0 saturated heterocycles. The summed E-state index contributed by atoms with van der Waals surface area (Å²) in [5.74, 6) is 8.00. The molecule has 0 atom stereocenters. The van der Waals surface area contributed by atoms with Gasteiger partial charge in [0.2, 0.25) is 0 Å². The molecule has 0 rings (SSSR count). The van der Waals surface area contributed by atoms with E-state index in [4.69, 9.17) is 0 Å². The highest BCUT2D eigenvalue weighted by Gasteiger charge is 1.72. The second-order valence-electron chi connectivity index (χ2n) is 0.816. The third-order valence-corrected chi connectivity index (χ3v) is 0.796. The molecule has 4 nitrogen and oxygen atoms in total. The number of hydrogen-bond acceptors (Lipinski definition) is 6. The van der Waals surface area contributed by atoms with E-state index < -0.39 is 0 Å². The molecule has 0 aliphatic carbocycles. The Morgan fingerprint density at radius 3 is 1.38 bits per heavy atom. The van der Waals surface area contributed by atoms with Gasteiger partial charge in [-0.05, 0) is 0 Å². The predicted molar refractivity (Wildman–Crippen MR) is 42.4 cm³/mol. The summed E-state index contributed by atoms with van der Waals surface area (Å²) in [4.78, 5) is 0. The van der Waals surface area contributed by atoms with Crippen molar-refractivity contribution >= 4 is 25.6 Å². The summed E-state index contributed by atoms with van der Waals surface area (Å²) >= 11 is 7.46. The van der Waals surface area contributed by atoms with Gasteiger partial charge in [0.1, 0.15) is 0 Å². The van der Waals surface area contributed by atoms with E-state index in [2.05, 4.69) is 46.8 Å². The van der Waals surface area contributed by atoms with E-state index in [0.29, 0.717) is 0 Å². The zero-order valence-electron chi connectivity index (χ0n) is 4.46. The molecule has 0 unspecified atom stereocenters. The van der Waals surface area contributed by atoms with Crippen LogP contribution in [0.15, 0.2) is 0 Å². The molecule has 0 spiro atoms. The smallest absolute Gasteiger partial charge is 0.0191 e. The van der Waals surface area contributed by atoms with Gasteiger partial charge < -0.3 is 0 Å². The zero-order valence-corrected chi connectivity index (χ0v) is 6.25. The lowest BCUT2D eigenvalue weighted by Crippen LogP contribution is -2.14. The van der Waals surface area contributed by atoms with E-state index in [0.717, 1.165) is 13.1 Å². The van der Waals surface area contributed by atoms with Gasteiger partial charge in [-0.2, -0.15) is 0 Å². The van der Waals surface area contributed by atoms with Gasteiger partial charge in [-0.15, -0.1) is 0 Å². The first-order valence-corrected chi connectivity index (χ1v) is 2.88. The van der Waals surface area contributed by atoms with Gasteiger partial charge in [0.25, 0.3) is 0 Å². The lowest BCUT2D eigenvalue weighted by molar-refractivity contribution is 0.880. The van der Waals surface area contributed by atoms with E-state index >= 15 is 0 Å². The van der Waals surface area contributed by atoms with Crippen LogP contribution in [0.4, 0.5) is 0 Å². The SMILES string of the molecule is NN.SNCCNS. The minimum atomic E-state index is 0.840. The fraction of sp³-hybridized carbons (Fsp3) is 1.00. The van der Waals surface area contributed by atoms with Gasteiger partial charge in [0.05, 0.1) is 0 Å². The minimum Gasteiger partial charge on any atom is -0.274 e. The van der Waals surface area contributed by atoms with Gasteiger partial charge in [-0.25, -0.2) is 0 Å². The molecule has 0 heterocycles. The molecule has 52 valence electrons. The van der Waals surface area contributed by atoms with Crippen LogP contribution in [0.3, 0.4) is 0 Å². The zero-order chi connectivity index (χ0) is 6.83. The molecule has 6 N–H and O–H groups in total. The highest BCUT2D eigenvalue weighted by atomic mass is 32.1. The van der Waals surface area contributed by atoms with Crippen LogP contribution in [0, 0.1) is 0 Å². The van der Waals surface area contributed by atoms with Crippen molar-refractivity contribution in [2.24, 2.45) is 11.7 Å². The maximum atomic E-state index is 4.00. The Balaban J connectivity index is 0. The Kier molecular flexibility index (Phi) is 22.2. The molecule has 6 heteroatoms. The summed E-state index contributed by atoms with van der Waals surface area (Å²) in [5.41, 5.74) is 0. The van der Waals surface area contributed by atoms with Crippen molar-refractivity contribution in [1.29, 1.82) is 0 Å². The third kappa shape index (κ3) is 16.0. The van der Waals surface area contributed by atoms with Crippen molar-refractivity contribution in [1.82, 2.24) is 9.44 Å². The first kappa shape index (κ1) is 11.4. The number of rotatable bonds is 3. The number of hydrazine groups is 1. The Bertz CT molecular complexity index is 24.0. The molecule has 0 radical (unpaired) electrons. The molecule has 0 aromatic carbocycles. The first-order chi connectivity index (χ1) is 3.91. The van der Waals surface area contributed by atoms with Gasteiger partial charge in [0, 0.05) is 13.1 Å². The summed E-state index contributed by atoms with van der Waals surface area (Å²) < 4.78 is 5.30. The van der Waals surface area contributed by atoms with E-state index in [1.54, 1.807) is 0 Å². The number of thiol groups is 2. The van der Waals surface area contributed by atoms with Gasteiger partial charge in [-0.3, -0.25) is 21.1 Å². The number of nitrogens with one attached hydrogen (secondary N) is 2. The van der Waals surface area contributed by atoms with Crippen molar-refractivity contribution in [3.05, 3.63) is 0 Å². The molecule has 8 heavy (non-hydrogen) atoms. The Morgan fingerprint density at radius 2 is 1.25 bits per heavy atom. The fourth-order valence-corrected chi connectivity index (χ4v) is 0.335. The number of hydrogen-bond donors (Lipinski definition) is 6. The Morgan fingerprint density at radius 1 is 1.00 bits per heavy atom. The largest absolute Gasteiger partial charge is 0.274 e.